The molecule has 1 amide bonds. The number of halogens is 2. The van der Waals surface area contributed by atoms with Crippen LogP contribution in [0.3, 0.4) is 0 Å². The summed E-state index contributed by atoms with van der Waals surface area (Å²) in [6.45, 7) is 1.88. The summed E-state index contributed by atoms with van der Waals surface area (Å²) in [6, 6.07) is 12.0. The number of para-hydroxylation sites is 1. The summed E-state index contributed by atoms with van der Waals surface area (Å²) in [5.74, 6) is 0.0503. The van der Waals surface area contributed by atoms with Gasteiger partial charge in [-0.05, 0) is 53.8 Å². The van der Waals surface area contributed by atoms with Crippen molar-refractivity contribution < 1.29 is 9.90 Å². The van der Waals surface area contributed by atoms with Crippen LogP contribution in [0.2, 0.25) is 5.02 Å². The van der Waals surface area contributed by atoms with Crippen LogP contribution < -0.4 is 0 Å². The number of amides is 1. The first kappa shape index (κ1) is 16.1. The molecule has 0 aliphatic heterocycles. The highest BCUT2D eigenvalue weighted by atomic mass is 127. The lowest BCUT2D eigenvalue weighted by molar-refractivity contribution is 0.0741. The molecule has 0 bridgehead atoms. The smallest absolute Gasteiger partial charge is 0.254 e. The first-order valence-electron chi connectivity index (χ1n) is 6.42. The van der Waals surface area contributed by atoms with E-state index in [4.69, 9.17) is 11.6 Å². The molecule has 1 N–H and O–H groups in total. The Labute approximate surface area is 142 Å². The quantitative estimate of drug-likeness (QED) is 0.751. The molecule has 0 heterocycles. The number of benzene rings is 2. The van der Waals surface area contributed by atoms with Gasteiger partial charge in [-0.1, -0.05) is 29.8 Å². The zero-order valence-electron chi connectivity index (χ0n) is 11.7. The Hall–Kier alpha value is -1.27. The summed E-state index contributed by atoms with van der Waals surface area (Å²) >= 11 is 8.19. The predicted molar refractivity (Wildman–Crippen MR) is 92.8 cm³/mol. The first-order valence-corrected chi connectivity index (χ1v) is 7.87. The summed E-state index contributed by atoms with van der Waals surface area (Å²) in [5.41, 5.74) is 1.25. The summed E-state index contributed by atoms with van der Waals surface area (Å²) in [4.78, 5) is 14.1. The molecule has 0 radical (unpaired) electrons. The third kappa shape index (κ3) is 3.49. The second-order valence-corrected chi connectivity index (χ2v) is 6.35. The first-order chi connectivity index (χ1) is 9.91. The second-order valence-electron chi connectivity index (χ2n) is 4.78. The van der Waals surface area contributed by atoms with Crippen LogP contribution in [0.4, 0.5) is 0 Å². The highest BCUT2D eigenvalue weighted by Crippen LogP contribution is 2.28. The third-order valence-electron chi connectivity index (χ3n) is 3.45. The Morgan fingerprint density at radius 3 is 2.57 bits per heavy atom. The van der Waals surface area contributed by atoms with Gasteiger partial charge in [-0.25, -0.2) is 0 Å². The van der Waals surface area contributed by atoms with Crippen LogP contribution >= 0.6 is 34.2 Å². The second kappa shape index (κ2) is 6.66. The molecule has 5 heteroatoms. The molecule has 0 aliphatic rings. The van der Waals surface area contributed by atoms with Gasteiger partial charge in [0.15, 0.2) is 0 Å². The van der Waals surface area contributed by atoms with Crippen molar-refractivity contribution >= 4 is 40.1 Å². The van der Waals surface area contributed by atoms with Gasteiger partial charge < -0.3 is 10.0 Å². The minimum Gasteiger partial charge on any atom is -0.508 e. The van der Waals surface area contributed by atoms with Gasteiger partial charge in [0.05, 0.1) is 11.1 Å². The number of aromatic hydroxyl groups is 1. The SMILES string of the molecule is CC(c1ccccc1O)N(C)C(=O)c1ccc(I)c(Cl)c1. The molecule has 0 saturated carbocycles. The molecule has 2 rings (SSSR count). The van der Waals surface area contributed by atoms with E-state index in [1.165, 1.54) is 0 Å². The molecular formula is C16H15ClINO2. The van der Waals surface area contributed by atoms with Gasteiger partial charge in [0, 0.05) is 21.7 Å². The largest absolute Gasteiger partial charge is 0.508 e. The molecule has 21 heavy (non-hydrogen) atoms. The monoisotopic (exact) mass is 415 g/mol. The maximum atomic E-state index is 12.5. The lowest BCUT2D eigenvalue weighted by Gasteiger charge is -2.26. The van der Waals surface area contributed by atoms with Crippen LogP contribution in [0.1, 0.15) is 28.9 Å². The molecule has 0 spiro atoms. The number of hydrogen-bond acceptors (Lipinski definition) is 2. The van der Waals surface area contributed by atoms with Crippen LogP contribution in [-0.4, -0.2) is 23.0 Å². The molecule has 1 atom stereocenters. The van der Waals surface area contributed by atoms with Crippen molar-refractivity contribution in [2.75, 3.05) is 7.05 Å². The fourth-order valence-corrected chi connectivity index (χ4v) is 2.57. The highest BCUT2D eigenvalue weighted by molar-refractivity contribution is 14.1. The van der Waals surface area contributed by atoms with E-state index in [-0.39, 0.29) is 17.7 Å². The summed E-state index contributed by atoms with van der Waals surface area (Å²) in [7, 11) is 1.71. The summed E-state index contributed by atoms with van der Waals surface area (Å²) < 4.78 is 0.905. The van der Waals surface area contributed by atoms with Crippen molar-refractivity contribution in [1.82, 2.24) is 4.90 Å². The van der Waals surface area contributed by atoms with E-state index in [0.29, 0.717) is 16.1 Å². The van der Waals surface area contributed by atoms with Crippen LogP contribution in [0.5, 0.6) is 5.75 Å². The number of nitrogens with zero attached hydrogens (tertiary/aromatic N) is 1. The molecule has 2 aromatic rings. The van der Waals surface area contributed by atoms with Crippen molar-refractivity contribution in [3.63, 3.8) is 0 Å². The van der Waals surface area contributed by atoms with E-state index in [9.17, 15) is 9.90 Å². The summed E-state index contributed by atoms with van der Waals surface area (Å²) in [6.07, 6.45) is 0. The number of rotatable bonds is 3. The molecule has 0 fully saturated rings. The normalized spacial score (nSPS) is 12.0. The van der Waals surface area contributed by atoms with Crippen LogP contribution in [-0.2, 0) is 0 Å². The van der Waals surface area contributed by atoms with Gasteiger partial charge in [-0.3, -0.25) is 4.79 Å². The molecule has 0 aromatic heterocycles. The zero-order chi connectivity index (χ0) is 15.6. The van der Waals surface area contributed by atoms with Crippen molar-refractivity contribution in [2.45, 2.75) is 13.0 Å². The lowest BCUT2D eigenvalue weighted by Crippen LogP contribution is -2.29. The van der Waals surface area contributed by atoms with Crippen molar-refractivity contribution in [3.05, 3.63) is 62.2 Å². The predicted octanol–water partition coefficient (Wildman–Crippen LogP) is 4.48. The van der Waals surface area contributed by atoms with E-state index in [0.717, 1.165) is 3.57 Å². The Bertz CT molecular complexity index is 675. The van der Waals surface area contributed by atoms with Gasteiger partial charge in [0.1, 0.15) is 5.75 Å². The summed E-state index contributed by atoms with van der Waals surface area (Å²) in [5, 5.41) is 10.5. The lowest BCUT2D eigenvalue weighted by atomic mass is 10.1. The van der Waals surface area contributed by atoms with Gasteiger partial charge >= 0.3 is 0 Å². The molecule has 0 aliphatic carbocycles. The van der Waals surface area contributed by atoms with E-state index < -0.39 is 0 Å². The van der Waals surface area contributed by atoms with E-state index in [1.807, 2.05) is 25.1 Å². The highest BCUT2D eigenvalue weighted by Gasteiger charge is 2.21. The fourth-order valence-electron chi connectivity index (χ4n) is 2.06. The van der Waals surface area contributed by atoms with Gasteiger partial charge in [0.25, 0.3) is 5.91 Å². The van der Waals surface area contributed by atoms with Crippen LogP contribution in [0, 0.1) is 3.57 Å². The Kier molecular flexibility index (Phi) is 5.11. The van der Waals surface area contributed by atoms with Crippen LogP contribution in [0.25, 0.3) is 0 Å². The molecule has 2 aromatic carbocycles. The van der Waals surface area contributed by atoms with Crippen molar-refractivity contribution in [2.24, 2.45) is 0 Å². The van der Waals surface area contributed by atoms with E-state index >= 15 is 0 Å². The zero-order valence-corrected chi connectivity index (χ0v) is 14.6. The standard InChI is InChI=1S/C16H15ClINO2/c1-10(12-5-3-4-6-15(12)20)19(2)16(21)11-7-8-14(18)13(17)9-11/h3-10,20H,1-2H3. The number of carbonyl (C=O) groups excluding carboxylic acids is 1. The molecular weight excluding hydrogens is 401 g/mol. The maximum Gasteiger partial charge on any atom is 0.254 e. The fraction of sp³-hybridized carbons (Fsp3) is 0.188. The Balaban J connectivity index is 2.26. The van der Waals surface area contributed by atoms with Crippen molar-refractivity contribution in [1.29, 1.82) is 0 Å². The third-order valence-corrected chi connectivity index (χ3v) is 5.03. The Morgan fingerprint density at radius 2 is 1.95 bits per heavy atom. The minimum absolute atomic E-state index is 0.135. The number of hydrogen-bond donors (Lipinski definition) is 1. The average Bonchev–Trinajstić information content (AvgIpc) is 2.48. The van der Waals surface area contributed by atoms with Gasteiger partial charge in [-0.2, -0.15) is 0 Å². The molecule has 3 nitrogen and oxygen atoms in total. The van der Waals surface area contributed by atoms with E-state index in [2.05, 4.69) is 22.6 Å². The maximum absolute atomic E-state index is 12.5. The number of phenolic OH excluding ortho intramolecular Hbond substituents is 1. The number of carbonyl (C=O) groups is 1. The molecule has 0 saturated heterocycles. The topological polar surface area (TPSA) is 40.5 Å². The number of phenols is 1. The van der Waals surface area contributed by atoms with Crippen LogP contribution in [0.15, 0.2) is 42.5 Å². The van der Waals surface area contributed by atoms with Gasteiger partial charge in [-0.15, -0.1) is 0 Å². The molecule has 1 unspecified atom stereocenters. The van der Waals surface area contributed by atoms with Crippen molar-refractivity contribution in [3.8, 4) is 5.75 Å². The van der Waals surface area contributed by atoms with Gasteiger partial charge in [0.2, 0.25) is 0 Å². The minimum atomic E-state index is -0.239. The Morgan fingerprint density at radius 1 is 1.29 bits per heavy atom. The average molecular weight is 416 g/mol. The van der Waals surface area contributed by atoms with E-state index in [1.54, 1.807) is 36.2 Å². The molecule has 110 valence electrons.